The lowest BCUT2D eigenvalue weighted by Crippen LogP contribution is -2.56. The van der Waals surface area contributed by atoms with Gasteiger partial charge >= 0.3 is 5.97 Å². The maximum absolute atomic E-state index is 11.8. The summed E-state index contributed by atoms with van der Waals surface area (Å²) < 4.78 is 36.2. The molecule has 25 heavy (non-hydrogen) atoms. The van der Waals surface area contributed by atoms with Gasteiger partial charge in [-0.25, -0.2) is 4.79 Å². The first-order chi connectivity index (χ1) is 12.0. The topological polar surface area (TPSA) is 72.5 Å². The molecule has 3 saturated heterocycles. The Morgan fingerprint density at radius 1 is 1.00 bits per heavy atom. The Kier molecular flexibility index (Phi) is 3.57. The van der Waals surface area contributed by atoms with Gasteiger partial charge in [0.15, 0.2) is 17.9 Å². The van der Waals surface area contributed by atoms with Gasteiger partial charge in [0, 0.05) is 31.3 Å². The van der Waals surface area contributed by atoms with Crippen molar-refractivity contribution in [1.29, 1.82) is 0 Å². The molecule has 0 aromatic rings. The van der Waals surface area contributed by atoms with Gasteiger partial charge in [0.05, 0.1) is 0 Å². The Balaban J connectivity index is 1.35. The molecule has 0 radical (unpaired) electrons. The van der Waals surface area contributed by atoms with E-state index in [4.69, 9.17) is 28.4 Å². The van der Waals surface area contributed by atoms with E-state index in [0.717, 1.165) is 38.5 Å². The summed E-state index contributed by atoms with van der Waals surface area (Å²) in [6, 6.07) is 0. The van der Waals surface area contributed by atoms with E-state index in [1.165, 1.54) is 0 Å². The molecule has 2 aliphatic carbocycles. The van der Waals surface area contributed by atoms with E-state index in [9.17, 15) is 4.79 Å². The summed E-state index contributed by atoms with van der Waals surface area (Å²) >= 11 is 0. The van der Waals surface area contributed by atoms with Crippen LogP contribution in [0.3, 0.4) is 0 Å². The van der Waals surface area contributed by atoms with Crippen LogP contribution in [0.4, 0.5) is 0 Å². The van der Waals surface area contributed by atoms with Crippen LogP contribution in [0.1, 0.15) is 45.4 Å². The molecule has 2 spiro atoms. The standard InChI is InChI=1S/C18H24O7/c1-10(2)15(19)20-9-11-12-13(23-17(22-12)5-3-6-17)14-16(21-11)25-18(24-14)7-4-8-18/h11-14,16H,1,3-9H2,2H3/t11-,12-,13+,14+,16-/m1/s1. The number of hydrogen-bond donors (Lipinski definition) is 0. The minimum absolute atomic E-state index is 0.0892. The first-order valence-electron chi connectivity index (χ1n) is 9.19. The molecule has 7 nitrogen and oxygen atoms in total. The molecule has 138 valence electrons. The van der Waals surface area contributed by atoms with Crippen LogP contribution < -0.4 is 0 Å². The molecule has 2 saturated carbocycles. The third kappa shape index (κ3) is 2.48. The van der Waals surface area contributed by atoms with Gasteiger partial charge in [-0.2, -0.15) is 0 Å². The second-order valence-corrected chi connectivity index (χ2v) is 7.82. The zero-order valence-corrected chi connectivity index (χ0v) is 14.4. The van der Waals surface area contributed by atoms with Crippen molar-refractivity contribution < 1.29 is 33.2 Å². The van der Waals surface area contributed by atoms with Crippen LogP contribution in [0.25, 0.3) is 0 Å². The predicted molar refractivity (Wildman–Crippen MR) is 83.3 cm³/mol. The number of ether oxygens (including phenoxy) is 6. The van der Waals surface area contributed by atoms with E-state index >= 15 is 0 Å². The predicted octanol–water partition coefficient (Wildman–Crippen LogP) is 1.79. The van der Waals surface area contributed by atoms with E-state index < -0.39 is 29.9 Å². The van der Waals surface area contributed by atoms with Gasteiger partial charge in [-0.1, -0.05) is 6.58 Å². The maximum atomic E-state index is 11.8. The van der Waals surface area contributed by atoms with Crippen LogP contribution in [-0.2, 0) is 33.2 Å². The summed E-state index contributed by atoms with van der Waals surface area (Å²) in [4.78, 5) is 11.8. The van der Waals surface area contributed by atoms with Gasteiger partial charge in [-0.3, -0.25) is 0 Å². The van der Waals surface area contributed by atoms with E-state index in [2.05, 4.69) is 6.58 Å². The molecular formula is C18H24O7. The first kappa shape index (κ1) is 16.2. The Hall–Kier alpha value is -0.990. The highest BCUT2D eigenvalue weighted by molar-refractivity contribution is 5.86. The van der Waals surface area contributed by atoms with Gasteiger partial charge in [0.2, 0.25) is 0 Å². The molecule has 5 fully saturated rings. The fourth-order valence-corrected chi connectivity index (χ4v) is 4.20. The minimum Gasteiger partial charge on any atom is -0.459 e. The number of carbonyl (C=O) groups is 1. The van der Waals surface area contributed by atoms with Crippen LogP contribution in [0.5, 0.6) is 0 Å². The molecule has 7 heteroatoms. The lowest BCUT2D eigenvalue weighted by Gasteiger charge is -2.37. The largest absolute Gasteiger partial charge is 0.459 e. The van der Waals surface area contributed by atoms with E-state index in [0.29, 0.717) is 5.57 Å². The number of carbonyl (C=O) groups excluding carboxylic acids is 1. The zero-order chi connectivity index (χ0) is 17.2. The number of hydrogen-bond acceptors (Lipinski definition) is 7. The Bertz CT molecular complexity index is 594. The number of fused-ring (bicyclic) bond motifs is 3. The highest BCUT2D eigenvalue weighted by atomic mass is 16.9. The van der Waals surface area contributed by atoms with Crippen LogP contribution in [-0.4, -0.2) is 54.9 Å². The van der Waals surface area contributed by atoms with Gasteiger partial charge < -0.3 is 28.4 Å². The zero-order valence-electron chi connectivity index (χ0n) is 14.4. The molecule has 5 atom stereocenters. The van der Waals surface area contributed by atoms with E-state index in [1.807, 2.05) is 0 Å². The second-order valence-electron chi connectivity index (χ2n) is 7.82. The first-order valence-corrected chi connectivity index (χ1v) is 9.19. The van der Waals surface area contributed by atoms with Crippen molar-refractivity contribution >= 4 is 5.97 Å². The lowest BCUT2D eigenvalue weighted by molar-refractivity contribution is -0.270. The summed E-state index contributed by atoms with van der Waals surface area (Å²) in [6.45, 7) is 5.32. The average Bonchev–Trinajstić information content (AvgIpc) is 3.10. The molecule has 0 amide bonds. The SMILES string of the molecule is C=C(C)C(=O)OC[C@H]1O[C@@H]2OC3(CCC3)O[C@H]2[C@H]2OC3(CCC3)O[C@@H]21. The number of rotatable bonds is 3. The average molecular weight is 352 g/mol. The third-order valence-electron chi connectivity index (χ3n) is 5.93. The fourth-order valence-electron chi connectivity index (χ4n) is 4.20. The van der Waals surface area contributed by atoms with Gasteiger partial charge in [0.25, 0.3) is 0 Å². The smallest absolute Gasteiger partial charge is 0.333 e. The van der Waals surface area contributed by atoms with Crippen molar-refractivity contribution in [3.8, 4) is 0 Å². The van der Waals surface area contributed by atoms with Crippen LogP contribution in [0, 0.1) is 0 Å². The van der Waals surface area contributed by atoms with Gasteiger partial charge in [0.1, 0.15) is 31.0 Å². The summed E-state index contributed by atoms with van der Waals surface area (Å²) in [5, 5.41) is 0. The van der Waals surface area contributed by atoms with Crippen molar-refractivity contribution in [3.05, 3.63) is 12.2 Å². The fraction of sp³-hybridized carbons (Fsp3) is 0.833. The molecule has 0 N–H and O–H groups in total. The highest BCUT2D eigenvalue weighted by Gasteiger charge is 2.65. The normalized spacial score (nSPS) is 42.4. The Morgan fingerprint density at radius 2 is 1.60 bits per heavy atom. The van der Waals surface area contributed by atoms with Crippen molar-refractivity contribution in [2.75, 3.05) is 6.61 Å². The molecule has 0 unspecified atom stereocenters. The molecule has 3 heterocycles. The highest BCUT2D eigenvalue weighted by Crippen LogP contribution is 2.53. The van der Waals surface area contributed by atoms with Crippen molar-refractivity contribution in [2.24, 2.45) is 0 Å². The molecule has 5 aliphatic rings. The molecule has 3 aliphatic heterocycles. The van der Waals surface area contributed by atoms with Crippen molar-refractivity contribution in [1.82, 2.24) is 0 Å². The monoisotopic (exact) mass is 352 g/mol. The quantitative estimate of drug-likeness (QED) is 0.566. The summed E-state index contributed by atoms with van der Waals surface area (Å²) in [6.07, 6.45) is 3.87. The Morgan fingerprint density at radius 3 is 2.20 bits per heavy atom. The van der Waals surface area contributed by atoms with E-state index in [-0.39, 0.29) is 24.9 Å². The third-order valence-corrected chi connectivity index (χ3v) is 5.93. The van der Waals surface area contributed by atoms with Crippen molar-refractivity contribution in [2.45, 2.75) is 87.7 Å². The molecule has 0 bridgehead atoms. The van der Waals surface area contributed by atoms with Crippen LogP contribution >= 0.6 is 0 Å². The van der Waals surface area contributed by atoms with Gasteiger partial charge in [-0.05, 0) is 19.8 Å². The molecular weight excluding hydrogens is 328 g/mol. The summed E-state index contributed by atoms with van der Waals surface area (Å²) in [7, 11) is 0. The lowest BCUT2D eigenvalue weighted by atomic mass is 9.91. The molecule has 0 aromatic heterocycles. The minimum atomic E-state index is -0.526. The Labute approximate surface area is 146 Å². The number of esters is 1. The van der Waals surface area contributed by atoms with Crippen LogP contribution in [0.15, 0.2) is 12.2 Å². The summed E-state index contributed by atoms with van der Waals surface area (Å²) in [5.74, 6) is -1.48. The molecule has 0 aromatic carbocycles. The van der Waals surface area contributed by atoms with E-state index in [1.54, 1.807) is 6.92 Å². The summed E-state index contributed by atoms with van der Waals surface area (Å²) in [5.41, 5.74) is 0.359. The molecule has 5 rings (SSSR count). The van der Waals surface area contributed by atoms with Crippen LogP contribution in [0.2, 0.25) is 0 Å². The maximum Gasteiger partial charge on any atom is 0.333 e. The van der Waals surface area contributed by atoms with Gasteiger partial charge in [-0.15, -0.1) is 0 Å². The van der Waals surface area contributed by atoms with Crippen molar-refractivity contribution in [3.63, 3.8) is 0 Å². The second kappa shape index (κ2) is 5.50.